The van der Waals surface area contributed by atoms with Crippen LogP contribution >= 0.6 is 34.8 Å². The number of hydrogen-bond acceptors (Lipinski definition) is 4. The summed E-state index contributed by atoms with van der Waals surface area (Å²) in [7, 11) is 0. The average molecular weight is 252 g/mol. The van der Waals surface area contributed by atoms with Gasteiger partial charge in [-0.25, -0.2) is 0 Å². The highest BCUT2D eigenvalue weighted by molar-refractivity contribution is 6.68. The van der Waals surface area contributed by atoms with Gasteiger partial charge in [-0.3, -0.25) is 10.1 Å². The largest absolute Gasteiger partial charge is 0.394 e. The number of alkyl halides is 3. The molecule has 1 unspecified atom stereocenters. The first-order valence-electron chi connectivity index (χ1n) is 3.29. The molecule has 0 heterocycles. The topological polar surface area (TPSA) is 72.6 Å². The van der Waals surface area contributed by atoms with Gasteiger partial charge in [-0.1, -0.05) is 34.8 Å². The fourth-order valence-electron chi connectivity index (χ4n) is 0.581. The monoisotopic (exact) mass is 251 g/mol. The third-order valence-electron chi connectivity index (χ3n) is 1.09. The van der Waals surface area contributed by atoms with Crippen LogP contribution in [0.15, 0.2) is 0 Å². The molecule has 8 heteroatoms. The molecule has 78 valence electrons. The first-order chi connectivity index (χ1) is 5.88. The van der Waals surface area contributed by atoms with E-state index in [0.29, 0.717) is 0 Å². The van der Waals surface area contributed by atoms with Crippen LogP contribution in [0, 0.1) is 10.1 Å². The van der Waals surface area contributed by atoms with Gasteiger partial charge in [0, 0.05) is 4.92 Å². The molecule has 0 radical (unpaired) electrons. The number of rotatable bonds is 5. The zero-order valence-electron chi connectivity index (χ0n) is 6.45. The first-order valence-corrected chi connectivity index (χ1v) is 4.42. The molecule has 0 aliphatic heterocycles. The van der Waals surface area contributed by atoms with Gasteiger partial charge in [-0.15, -0.1) is 0 Å². The molecular weight excluding hydrogens is 244 g/mol. The van der Waals surface area contributed by atoms with E-state index in [4.69, 9.17) is 44.6 Å². The number of hydrogen-bond donors (Lipinski definition) is 1. The number of nitro groups is 1. The lowest BCUT2D eigenvalue weighted by Gasteiger charge is -2.20. The number of nitrogens with zero attached hydrogens (tertiary/aromatic N) is 1. The number of aliphatic hydroxyl groups excluding tert-OH is 1. The van der Waals surface area contributed by atoms with Gasteiger partial charge in [-0.2, -0.15) is 0 Å². The smallest absolute Gasteiger partial charge is 0.233 e. The lowest BCUT2D eigenvalue weighted by atomic mass is 10.4. The lowest BCUT2D eigenvalue weighted by Crippen LogP contribution is -2.36. The van der Waals surface area contributed by atoms with Crippen molar-refractivity contribution in [2.75, 3.05) is 19.8 Å². The van der Waals surface area contributed by atoms with E-state index in [2.05, 4.69) is 0 Å². The summed E-state index contributed by atoms with van der Waals surface area (Å²) in [6.07, 6.45) is -1.15. The number of aliphatic hydroxyl groups is 1. The quantitative estimate of drug-likeness (QED) is 0.450. The molecule has 1 atom stereocenters. The van der Waals surface area contributed by atoms with Crippen LogP contribution in [-0.2, 0) is 4.74 Å². The zero-order chi connectivity index (χ0) is 10.5. The van der Waals surface area contributed by atoms with Gasteiger partial charge in [-0.05, 0) is 0 Å². The molecule has 0 aromatic rings. The minimum atomic E-state index is -1.86. The van der Waals surface area contributed by atoms with Crippen molar-refractivity contribution >= 4 is 34.8 Å². The van der Waals surface area contributed by atoms with Crippen molar-refractivity contribution in [3.8, 4) is 0 Å². The van der Waals surface area contributed by atoms with E-state index < -0.39 is 21.4 Å². The minimum Gasteiger partial charge on any atom is -0.394 e. The maximum Gasteiger partial charge on any atom is 0.233 e. The summed E-state index contributed by atoms with van der Waals surface area (Å²) in [6.45, 7) is -1.00. The highest BCUT2D eigenvalue weighted by Crippen LogP contribution is 2.32. The fraction of sp³-hybridized carbons (Fsp3) is 1.00. The average Bonchev–Trinajstić information content (AvgIpc) is 1.95. The molecule has 0 bridgehead atoms. The molecule has 0 aliphatic rings. The van der Waals surface area contributed by atoms with E-state index in [9.17, 15) is 10.1 Å². The zero-order valence-corrected chi connectivity index (χ0v) is 8.72. The third-order valence-corrected chi connectivity index (χ3v) is 1.82. The standard InChI is InChI=1S/C5H8Cl3NO4/c6-5(7,8)4(3-9(11)12)13-2-1-10/h4,10H,1-3H2. The highest BCUT2D eigenvalue weighted by Gasteiger charge is 2.37. The predicted molar refractivity (Wildman–Crippen MR) is 49.0 cm³/mol. The Balaban J connectivity index is 4.11. The van der Waals surface area contributed by atoms with Gasteiger partial charge in [0.05, 0.1) is 13.2 Å². The summed E-state index contributed by atoms with van der Waals surface area (Å²) in [4.78, 5) is 9.46. The highest BCUT2D eigenvalue weighted by atomic mass is 35.6. The number of halogens is 3. The Morgan fingerprint density at radius 2 is 2.08 bits per heavy atom. The summed E-state index contributed by atoms with van der Waals surface area (Å²) in [5, 5.41) is 18.5. The second kappa shape index (κ2) is 5.82. The minimum absolute atomic E-state index is 0.105. The molecule has 1 N–H and O–H groups in total. The summed E-state index contributed by atoms with van der Waals surface area (Å²) in [5.74, 6) is 0. The van der Waals surface area contributed by atoms with Crippen molar-refractivity contribution in [1.82, 2.24) is 0 Å². The fourth-order valence-corrected chi connectivity index (χ4v) is 0.977. The Morgan fingerprint density at radius 1 is 1.54 bits per heavy atom. The summed E-state index contributed by atoms with van der Waals surface area (Å²) in [5.41, 5.74) is 0. The molecule has 0 saturated carbocycles. The molecule has 5 nitrogen and oxygen atoms in total. The van der Waals surface area contributed by atoms with Gasteiger partial charge in [0.1, 0.15) is 0 Å². The molecule has 0 aromatic heterocycles. The van der Waals surface area contributed by atoms with Crippen LogP contribution in [-0.4, -0.2) is 39.7 Å². The Labute approximate surface area is 89.7 Å². The van der Waals surface area contributed by atoms with E-state index in [1.807, 2.05) is 0 Å². The van der Waals surface area contributed by atoms with Crippen molar-refractivity contribution in [3.63, 3.8) is 0 Å². The van der Waals surface area contributed by atoms with Crippen LogP contribution in [0.25, 0.3) is 0 Å². The predicted octanol–water partition coefficient (Wildman–Crippen LogP) is 1.01. The van der Waals surface area contributed by atoms with Crippen molar-refractivity contribution in [2.45, 2.75) is 9.90 Å². The van der Waals surface area contributed by atoms with Crippen LogP contribution < -0.4 is 0 Å². The van der Waals surface area contributed by atoms with Crippen molar-refractivity contribution in [3.05, 3.63) is 10.1 Å². The Morgan fingerprint density at radius 3 is 2.38 bits per heavy atom. The maximum absolute atomic E-state index is 10.1. The summed E-state index contributed by atoms with van der Waals surface area (Å²) < 4.78 is 2.92. The normalized spacial score (nSPS) is 14.2. The van der Waals surface area contributed by atoms with Gasteiger partial charge in [0.2, 0.25) is 10.3 Å². The molecule has 0 spiro atoms. The Bertz CT molecular complexity index is 172. The third kappa shape index (κ3) is 6.29. The van der Waals surface area contributed by atoms with Gasteiger partial charge in [0.15, 0.2) is 6.10 Å². The second-order valence-corrected chi connectivity index (χ2v) is 4.51. The molecule has 0 saturated heterocycles. The lowest BCUT2D eigenvalue weighted by molar-refractivity contribution is -0.491. The van der Waals surface area contributed by atoms with Crippen molar-refractivity contribution in [1.29, 1.82) is 0 Å². The molecule has 0 rings (SSSR count). The van der Waals surface area contributed by atoms with E-state index in [-0.39, 0.29) is 13.2 Å². The summed E-state index contributed by atoms with van der Waals surface area (Å²) in [6, 6.07) is 0. The molecule has 13 heavy (non-hydrogen) atoms. The van der Waals surface area contributed by atoms with Crippen LogP contribution in [0.2, 0.25) is 0 Å². The van der Waals surface area contributed by atoms with Crippen molar-refractivity contribution in [2.24, 2.45) is 0 Å². The Hall–Kier alpha value is 0.190. The van der Waals surface area contributed by atoms with Gasteiger partial charge < -0.3 is 9.84 Å². The van der Waals surface area contributed by atoms with Gasteiger partial charge in [0.25, 0.3) is 0 Å². The number of ether oxygens (including phenoxy) is 1. The maximum atomic E-state index is 10.1. The van der Waals surface area contributed by atoms with Gasteiger partial charge >= 0.3 is 0 Å². The molecule has 0 aromatic carbocycles. The molecule has 0 fully saturated rings. The van der Waals surface area contributed by atoms with E-state index in [1.54, 1.807) is 0 Å². The van der Waals surface area contributed by atoms with Crippen LogP contribution in [0.1, 0.15) is 0 Å². The van der Waals surface area contributed by atoms with Crippen LogP contribution in [0.4, 0.5) is 0 Å². The SMILES string of the molecule is O=[N+]([O-])CC(OCCO)C(Cl)(Cl)Cl. The van der Waals surface area contributed by atoms with E-state index in [0.717, 1.165) is 0 Å². The summed E-state index contributed by atoms with van der Waals surface area (Å²) >= 11 is 16.2. The molecular formula is C5H8Cl3NO4. The van der Waals surface area contributed by atoms with Crippen LogP contribution in [0.3, 0.4) is 0 Å². The molecule has 0 aliphatic carbocycles. The second-order valence-electron chi connectivity index (χ2n) is 2.14. The van der Waals surface area contributed by atoms with E-state index in [1.165, 1.54) is 0 Å². The Kier molecular flexibility index (Phi) is 5.91. The van der Waals surface area contributed by atoms with E-state index >= 15 is 0 Å². The van der Waals surface area contributed by atoms with Crippen LogP contribution in [0.5, 0.6) is 0 Å². The first kappa shape index (κ1) is 13.2. The molecule has 0 amide bonds. The van der Waals surface area contributed by atoms with Crippen molar-refractivity contribution < 1.29 is 14.8 Å².